The average molecular weight is 445 g/mol. The molecule has 2 aromatic rings. The van der Waals surface area contributed by atoms with Crippen molar-refractivity contribution in [3.05, 3.63) is 65.2 Å². The van der Waals surface area contributed by atoms with Crippen LogP contribution in [0.25, 0.3) is 0 Å². The van der Waals surface area contributed by atoms with Gasteiger partial charge in [0, 0.05) is 27.2 Å². The smallest absolute Gasteiger partial charge is 0.242 e. The van der Waals surface area contributed by atoms with Crippen molar-refractivity contribution in [2.24, 2.45) is 4.99 Å². The molecular weight excluding hydrogens is 412 g/mol. The maximum absolute atomic E-state index is 12.7. The summed E-state index contributed by atoms with van der Waals surface area (Å²) in [6.07, 6.45) is -0.0276. The van der Waals surface area contributed by atoms with Crippen LogP contribution in [0.1, 0.15) is 29.7 Å². The second-order valence-corrected chi connectivity index (χ2v) is 9.85. The number of aliphatic imine (C=N–C) groups is 1. The first kappa shape index (κ1) is 23.2. The molecule has 1 aliphatic rings. The van der Waals surface area contributed by atoms with Crippen LogP contribution in [0.2, 0.25) is 0 Å². The van der Waals surface area contributed by atoms with Crippen LogP contribution in [0.15, 0.2) is 58.4 Å². The van der Waals surface area contributed by atoms with E-state index >= 15 is 0 Å². The van der Waals surface area contributed by atoms with Gasteiger partial charge < -0.3 is 15.0 Å². The Morgan fingerprint density at radius 3 is 2.61 bits per heavy atom. The second kappa shape index (κ2) is 10.3. The lowest BCUT2D eigenvalue weighted by Crippen LogP contribution is -2.48. The van der Waals surface area contributed by atoms with Crippen molar-refractivity contribution >= 4 is 16.0 Å². The monoisotopic (exact) mass is 444 g/mol. The van der Waals surface area contributed by atoms with Crippen LogP contribution in [-0.2, 0) is 21.3 Å². The molecule has 0 radical (unpaired) electrons. The first-order chi connectivity index (χ1) is 14.8. The molecule has 1 fully saturated rings. The highest BCUT2D eigenvalue weighted by molar-refractivity contribution is 7.89. The van der Waals surface area contributed by atoms with Gasteiger partial charge in [-0.3, -0.25) is 0 Å². The minimum absolute atomic E-state index is 0.0276. The minimum atomic E-state index is -3.53. The maximum Gasteiger partial charge on any atom is 0.242 e. The summed E-state index contributed by atoms with van der Waals surface area (Å²) in [6.45, 7) is 7.15. The molecule has 1 atom stereocenters. The van der Waals surface area contributed by atoms with Crippen molar-refractivity contribution in [2.45, 2.75) is 31.4 Å². The molecule has 1 heterocycles. The Morgan fingerprint density at radius 2 is 1.90 bits per heavy atom. The van der Waals surface area contributed by atoms with Crippen LogP contribution in [0.3, 0.4) is 0 Å². The van der Waals surface area contributed by atoms with E-state index < -0.39 is 10.0 Å². The van der Waals surface area contributed by atoms with Gasteiger partial charge >= 0.3 is 0 Å². The largest absolute Gasteiger partial charge is 0.370 e. The van der Waals surface area contributed by atoms with Gasteiger partial charge in [0.25, 0.3) is 0 Å². The Labute approximate surface area is 185 Å². The summed E-state index contributed by atoms with van der Waals surface area (Å²) in [6, 6.07) is 15.3. The van der Waals surface area contributed by atoms with Crippen LogP contribution in [0, 0.1) is 6.92 Å². The number of aryl methyl sites for hydroxylation is 1. The van der Waals surface area contributed by atoms with Gasteiger partial charge in [-0.2, -0.15) is 0 Å². The lowest BCUT2D eigenvalue weighted by Gasteiger charge is -2.35. The van der Waals surface area contributed by atoms with E-state index in [-0.39, 0.29) is 12.6 Å². The zero-order valence-electron chi connectivity index (χ0n) is 18.7. The van der Waals surface area contributed by atoms with E-state index in [4.69, 9.17) is 9.73 Å². The summed E-state index contributed by atoms with van der Waals surface area (Å²) in [7, 11) is -0.451. The van der Waals surface area contributed by atoms with Crippen molar-refractivity contribution in [1.82, 2.24) is 14.5 Å². The number of rotatable bonds is 6. The van der Waals surface area contributed by atoms with E-state index in [1.165, 1.54) is 15.4 Å². The predicted molar refractivity (Wildman–Crippen MR) is 124 cm³/mol. The van der Waals surface area contributed by atoms with E-state index in [1.54, 1.807) is 26.2 Å². The van der Waals surface area contributed by atoms with Gasteiger partial charge in [-0.1, -0.05) is 42.5 Å². The van der Waals surface area contributed by atoms with Gasteiger partial charge in [0.15, 0.2) is 5.96 Å². The molecule has 8 heteroatoms. The first-order valence-electron chi connectivity index (χ1n) is 10.6. The normalized spacial score (nSPS) is 17.8. The van der Waals surface area contributed by atoms with Crippen LogP contribution < -0.4 is 5.32 Å². The summed E-state index contributed by atoms with van der Waals surface area (Å²) >= 11 is 0. The van der Waals surface area contributed by atoms with E-state index in [2.05, 4.69) is 29.3 Å². The fourth-order valence-corrected chi connectivity index (χ4v) is 4.75. The van der Waals surface area contributed by atoms with Crippen molar-refractivity contribution in [2.75, 3.05) is 40.3 Å². The van der Waals surface area contributed by atoms with E-state index in [0.717, 1.165) is 19.0 Å². The van der Waals surface area contributed by atoms with E-state index in [9.17, 15) is 8.42 Å². The van der Waals surface area contributed by atoms with Crippen molar-refractivity contribution in [1.29, 1.82) is 0 Å². The molecule has 1 saturated heterocycles. The molecule has 1 aliphatic heterocycles. The lowest BCUT2D eigenvalue weighted by molar-refractivity contribution is -0.00834. The van der Waals surface area contributed by atoms with Crippen molar-refractivity contribution in [3.8, 4) is 0 Å². The van der Waals surface area contributed by atoms with Gasteiger partial charge in [0.05, 0.1) is 24.6 Å². The summed E-state index contributed by atoms with van der Waals surface area (Å²) in [5, 5.41) is 3.35. The topological polar surface area (TPSA) is 74.2 Å². The highest BCUT2D eigenvalue weighted by Crippen LogP contribution is 2.25. The van der Waals surface area contributed by atoms with Gasteiger partial charge in [0.2, 0.25) is 10.0 Å². The Hall–Kier alpha value is -2.42. The molecular formula is C23H32N4O3S. The summed E-state index contributed by atoms with van der Waals surface area (Å²) in [5.41, 5.74) is 3.07. The summed E-state index contributed by atoms with van der Waals surface area (Å²) < 4.78 is 32.7. The fourth-order valence-electron chi connectivity index (χ4n) is 3.65. The van der Waals surface area contributed by atoms with Gasteiger partial charge in [0.1, 0.15) is 6.10 Å². The molecule has 0 aromatic heterocycles. The number of sulfonamides is 1. The Morgan fingerprint density at radius 1 is 1.19 bits per heavy atom. The molecule has 0 amide bonds. The third kappa shape index (κ3) is 5.44. The third-order valence-electron chi connectivity index (χ3n) is 5.37. The average Bonchev–Trinajstić information content (AvgIpc) is 2.77. The highest BCUT2D eigenvalue weighted by Gasteiger charge is 2.25. The van der Waals surface area contributed by atoms with E-state index in [0.29, 0.717) is 23.6 Å². The minimum Gasteiger partial charge on any atom is -0.370 e. The molecule has 3 rings (SSSR count). The molecule has 1 unspecified atom stereocenters. The number of hydrogen-bond donors (Lipinski definition) is 1. The molecule has 0 aliphatic carbocycles. The number of guanidine groups is 1. The summed E-state index contributed by atoms with van der Waals surface area (Å²) in [5.74, 6) is 0.765. The Kier molecular flexibility index (Phi) is 7.69. The highest BCUT2D eigenvalue weighted by atomic mass is 32.2. The molecule has 0 spiro atoms. The Balaban J connectivity index is 1.84. The van der Waals surface area contributed by atoms with Crippen LogP contribution >= 0.6 is 0 Å². The maximum atomic E-state index is 12.7. The van der Waals surface area contributed by atoms with Crippen molar-refractivity contribution < 1.29 is 13.2 Å². The zero-order chi connectivity index (χ0) is 22.4. The number of ether oxygens (including phenoxy) is 1. The van der Waals surface area contributed by atoms with E-state index in [1.807, 2.05) is 31.2 Å². The lowest BCUT2D eigenvalue weighted by atomic mass is 10.0. The summed E-state index contributed by atoms with van der Waals surface area (Å²) in [4.78, 5) is 7.26. The van der Waals surface area contributed by atoms with Crippen LogP contribution in [0.5, 0.6) is 0 Å². The number of nitrogens with one attached hydrogen (secondary N) is 1. The zero-order valence-corrected chi connectivity index (χ0v) is 19.5. The first-order valence-corrected chi connectivity index (χ1v) is 12.0. The molecule has 1 N–H and O–H groups in total. The predicted octanol–water partition coefficient (Wildman–Crippen LogP) is 2.78. The Bertz CT molecular complexity index is 1020. The number of hydrogen-bond acceptors (Lipinski definition) is 4. The fraction of sp³-hybridized carbons (Fsp3) is 0.435. The molecule has 0 bridgehead atoms. The number of benzene rings is 2. The standard InChI is InChI=1S/C23H32N4O3S/c1-5-24-23(25-16-19-11-7-9-13-22(19)31(28,29)26(3)4)27-14-15-30-21(17-27)20-12-8-6-10-18(20)2/h6-13,21H,5,14-17H2,1-4H3,(H,24,25). The van der Waals surface area contributed by atoms with Gasteiger partial charge in [-0.05, 0) is 36.6 Å². The quantitative estimate of drug-likeness (QED) is 0.548. The van der Waals surface area contributed by atoms with Crippen LogP contribution in [0.4, 0.5) is 0 Å². The second-order valence-electron chi connectivity index (χ2n) is 7.73. The van der Waals surface area contributed by atoms with Crippen LogP contribution in [-0.4, -0.2) is 63.9 Å². The van der Waals surface area contributed by atoms with Crippen molar-refractivity contribution in [3.63, 3.8) is 0 Å². The van der Waals surface area contributed by atoms with Gasteiger partial charge in [-0.25, -0.2) is 17.7 Å². The third-order valence-corrected chi connectivity index (χ3v) is 7.28. The van der Waals surface area contributed by atoms with Gasteiger partial charge in [-0.15, -0.1) is 0 Å². The molecule has 168 valence electrons. The number of nitrogens with zero attached hydrogens (tertiary/aromatic N) is 3. The molecule has 31 heavy (non-hydrogen) atoms. The number of morpholine rings is 1. The molecule has 0 saturated carbocycles. The SMILES string of the molecule is CCNC(=NCc1ccccc1S(=O)(=O)N(C)C)N1CCOC(c2ccccc2C)C1. The molecule has 7 nitrogen and oxygen atoms in total. The molecule has 2 aromatic carbocycles.